The van der Waals surface area contributed by atoms with Gasteiger partial charge >= 0.3 is 0 Å². The number of anilines is 3. The normalized spacial score (nSPS) is 11.4. The van der Waals surface area contributed by atoms with E-state index in [2.05, 4.69) is 48.5 Å². The van der Waals surface area contributed by atoms with Gasteiger partial charge in [0, 0.05) is 33.1 Å². The lowest BCUT2D eigenvalue weighted by Crippen LogP contribution is -2.57. The maximum absolute atomic E-state index is 7.10. The topological polar surface area (TPSA) is 16.4 Å². The molecule has 2 nitrogen and oxygen atoms in total. The molecule has 0 atom stereocenters. The average Bonchev–Trinajstić information content (AvgIpc) is 3.64. The molecule has 11 heteroatoms. The molecule has 0 spiro atoms. The van der Waals surface area contributed by atoms with E-state index in [1.54, 1.807) is 0 Å². The van der Waals surface area contributed by atoms with Crippen molar-refractivity contribution in [1.82, 2.24) is 0 Å². The Morgan fingerprint density at radius 1 is 0.386 bits per heavy atom. The number of furan rings is 1. The largest absolute Gasteiger partial charge is 0.455 e. The van der Waals surface area contributed by atoms with Crippen molar-refractivity contribution in [3.8, 4) is 33.4 Å². The number of nitrogens with zero attached hydrogens (tertiary/aromatic N) is 1. The highest BCUT2D eigenvalue weighted by Gasteiger charge is 2.26. The summed E-state index contributed by atoms with van der Waals surface area (Å²) in [5.74, 6) is 0. The summed E-state index contributed by atoms with van der Waals surface area (Å²) in [6, 6.07) is 44.7. The fraction of sp³-hybridized carbons (Fsp3) is 0. The van der Waals surface area contributed by atoms with Crippen molar-refractivity contribution in [2.45, 2.75) is 0 Å². The molecular formula is C46H22B9NO. The Balaban J connectivity index is 1.32. The van der Waals surface area contributed by atoms with Crippen molar-refractivity contribution in [3.63, 3.8) is 0 Å². The van der Waals surface area contributed by atoms with Crippen molar-refractivity contribution in [3.05, 3.63) is 133 Å². The molecule has 0 fully saturated rings. The lowest BCUT2D eigenvalue weighted by Gasteiger charge is -2.35. The molecule has 57 heavy (non-hydrogen) atoms. The third-order valence-corrected chi connectivity index (χ3v) is 10.9. The van der Waals surface area contributed by atoms with Crippen molar-refractivity contribution in [2.75, 3.05) is 4.90 Å². The summed E-state index contributed by atoms with van der Waals surface area (Å²) in [6.07, 6.45) is 0. The Bertz CT molecular complexity index is 3010. The van der Waals surface area contributed by atoms with E-state index >= 15 is 0 Å². The van der Waals surface area contributed by atoms with Gasteiger partial charge in [-0.15, -0.1) is 16.4 Å². The zero-order chi connectivity index (χ0) is 39.7. The molecule has 9 rings (SSSR count). The first-order valence-electron chi connectivity index (χ1n) is 18.2. The number of hydrogen-bond acceptors (Lipinski definition) is 2. The highest BCUT2D eigenvalue weighted by atomic mass is 16.3. The minimum atomic E-state index is 0.0414. The third kappa shape index (κ3) is 5.85. The molecule has 0 saturated carbocycles. The first-order chi connectivity index (χ1) is 27.6. The number of rotatable bonds is 6. The van der Waals surface area contributed by atoms with Crippen LogP contribution in [0.3, 0.4) is 0 Å². The van der Waals surface area contributed by atoms with Crippen LogP contribution in [-0.2, 0) is 0 Å². The van der Waals surface area contributed by atoms with Crippen LogP contribution in [0.4, 0.5) is 17.1 Å². The van der Waals surface area contributed by atoms with Crippen molar-refractivity contribution >= 4 is 170 Å². The summed E-state index contributed by atoms with van der Waals surface area (Å²) in [5.41, 5.74) is 8.37. The third-order valence-electron chi connectivity index (χ3n) is 10.9. The smallest absolute Gasteiger partial charge is 0.143 e. The molecule has 1 aromatic heterocycles. The quantitative estimate of drug-likeness (QED) is 0.248. The number of benzene rings is 8. The van der Waals surface area contributed by atoms with Gasteiger partial charge in [-0.25, -0.2) is 0 Å². The fourth-order valence-electron chi connectivity index (χ4n) is 7.94. The summed E-state index contributed by atoms with van der Waals surface area (Å²) in [6.45, 7) is 0. The van der Waals surface area contributed by atoms with Gasteiger partial charge < -0.3 is 9.32 Å². The lowest BCUT2D eigenvalue weighted by atomic mass is 9.56. The molecule has 0 amide bonds. The van der Waals surface area contributed by atoms with Crippen LogP contribution in [0.5, 0.6) is 0 Å². The summed E-state index contributed by atoms with van der Waals surface area (Å²) in [4.78, 5) is 1.97. The van der Waals surface area contributed by atoms with Crippen LogP contribution in [0.1, 0.15) is 0 Å². The van der Waals surface area contributed by atoms with Gasteiger partial charge in [0.2, 0.25) is 0 Å². The first-order valence-corrected chi connectivity index (χ1v) is 18.2. The molecule has 8 aromatic carbocycles. The van der Waals surface area contributed by atoms with E-state index in [0.29, 0.717) is 5.69 Å². The SMILES string of the molecule is [B]c1c([B])c([B])c(-c2c([B])c([B])c(N(c3ccc(-c4ccccc4)cc3)c3ccccc3-c3cccc4oc5c6ccccc6ccc5c34)c([B])c2[B])c([B])c1[B]. The van der Waals surface area contributed by atoms with Crippen molar-refractivity contribution in [2.24, 2.45) is 0 Å². The van der Waals surface area contributed by atoms with E-state index in [1.165, 1.54) is 0 Å². The maximum atomic E-state index is 7.10. The second-order valence-corrected chi connectivity index (χ2v) is 14.0. The summed E-state index contributed by atoms with van der Waals surface area (Å²) in [5, 5.41) is 4.07. The molecule has 0 aliphatic rings. The Morgan fingerprint density at radius 2 is 0.930 bits per heavy atom. The first kappa shape index (κ1) is 36.8. The molecule has 1 heterocycles. The second kappa shape index (κ2) is 14.3. The summed E-state index contributed by atoms with van der Waals surface area (Å²) < 4.78 is 6.59. The highest BCUT2D eigenvalue weighted by Crippen LogP contribution is 2.45. The predicted molar refractivity (Wildman–Crippen MR) is 251 cm³/mol. The number of hydrogen-bond donors (Lipinski definition) is 0. The van der Waals surface area contributed by atoms with E-state index in [4.69, 9.17) is 75.0 Å². The van der Waals surface area contributed by atoms with Crippen LogP contribution in [0, 0.1) is 0 Å². The second-order valence-electron chi connectivity index (χ2n) is 14.0. The molecule has 0 bridgehead atoms. The minimum absolute atomic E-state index is 0.0414. The molecule has 9 aromatic rings. The molecule has 0 saturated heterocycles. The standard InChI is InChI=1S/C46H22B9NO/c47-36-34(37(48)41(52)42(53)40(36)51)35-38(49)43(54)45(44(55)39(35)50)56(26-20-17-24(18-21-26)23-9-2-1-3-10-23)31-15-7-6-13-28(31)29-14-8-16-32-33(29)30-22-19-25-11-4-5-12-27(25)46(30)57-32/h1-22H. The van der Waals surface area contributed by atoms with Crippen molar-refractivity contribution < 1.29 is 4.42 Å². The monoisotopic (exact) mass is 703 g/mol. The Kier molecular flexibility index (Phi) is 9.24. The van der Waals surface area contributed by atoms with Gasteiger partial charge in [0.25, 0.3) is 0 Å². The Morgan fingerprint density at radius 3 is 1.61 bits per heavy atom. The van der Waals surface area contributed by atoms with Gasteiger partial charge in [-0.1, -0.05) is 136 Å². The van der Waals surface area contributed by atoms with Gasteiger partial charge in [-0.05, 0) is 63.5 Å². The lowest BCUT2D eigenvalue weighted by molar-refractivity contribution is 0.673. The van der Waals surface area contributed by atoms with E-state index in [1.807, 2.05) is 89.8 Å². The zero-order valence-corrected chi connectivity index (χ0v) is 30.8. The maximum Gasteiger partial charge on any atom is 0.143 e. The molecule has 18 radical (unpaired) electrons. The number of fused-ring (bicyclic) bond motifs is 5. The van der Waals surface area contributed by atoms with Crippen LogP contribution < -0.4 is 54.1 Å². The molecule has 0 unspecified atom stereocenters. The van der Waals surface area contributed by atoms with Gasteiger partial charge in [0.05, 0.1) is 5.69 Å². The van der Waals surface area contributed by atoms with E-state index < -0.39 is 0 Å². The molecule has 244 valence electrons. The summed E-state index contributed by atoms with van der Waals surface area (Å²) >= 11 is 0. The van der Waals surface area contributed by atoms with Crippen molar-refractivity contribution in [1.29, 1.82) is 0 Å². The van der Waals surface area contributed by atoms with Crippen LogP contribution in [0.25, 0.3) is 66.1 Å². The zero-order valence-electron chi connectivity index (χ0n) is 30.8. The fourth-order valence-corrected chi connectivity index (χ4v) is 7.94. The van der Waals surface area contributed by atoms with Crippen LogP contribution in [0.2, 0.25) is 0 Å². The molecular weight excluding hydrogens is 680 g/mol. The summed E-state index contributed by atoms with van der Waals surface area (Å²) in [7, 11) is 59.8. The van der Waals surface area contributed by atoms with Crippen LogP contribution in [0.15, 0.2) is 138 Å². The van der Waals surface area contributed by atoms with Gasteiger partial charge in [0.1, 0.15) is 81.8 Å². The van der Waals surface area contributed by atoms with E-state index in [-0.39, 0.29) is 60.3 Å². The van der Waals surface area contributed by atoms with Crippen LogP contribution >= 0.6 is 0 Å². The van der Waals surface area contributed by atoms with E-state index in [9.17, 15) is 0 Å². The van der Waals surface area contributed by atoms with E-state index in [0.717, 1.165) is 66.3 Å². The predicted octanol–water partition coefficient (Wildman–Crippen LogP) is 2.35. The van der Waals surface area contributed by atoms with Gasteiger partial charge in [0.15, 0.2) is 0 Å². The molecule has 0 aliphatic heterocycles. The Hall–Kier alpha value is -5.80. The Labute approximate surface area is 344 Å². The van der Waals surface area contributed by atoms with Crippen LogP contribution in [-0.4, -0.2) is 70.6 Å². The average molecular weight is 702 g/mol. The highest BCUT2D eigenvalue weighted by molar-refractivity contribution is 6.71. The van der Waals surface area contributed by atoms with Gasteiger partial charge in [-0.2, -0.15) is 0 Å². The number of para-hydroxylation sites is 1. The minimum Gasteiger partial charge on any atom is -0.455 e. The van der Waals surface area contributed by atoms with Gasteiger partial charge in [-0.3, -0.25) is 0 Å². The molecule has 0 N–H and O–H groups in total. The molecule has 0 aliphatic carbocycles.